The molecule has 1 aromatic carbocycles. The van der Waals surface area contributed by atoms with Gasteiger partial charge in [-0.2, -0.15) is 0 Å². The van der Waals surface area contributed by atoms with Crippen molar-refractivity contribution in [2.45, 2.75) is 51.4 Å². The summed E-state index contributed by atoms with van der Waals surface area (Å²) >= 11 is 0. The molecule has 1 aromatic rings. The molecule has 1 atom stereocenters. The van der Waals surface area contributed by atoms with Crippen LogP contribution in [0.1, 0.15) is 37.8 Å². The summed E-state index contributed by atoms with van der Waals surface area (Å²) < 4.78 is 5.35. The smallest absolute Gasteiger partial charge is 0.325 e. The predicted molar refractivity (Wildman–Crippen MR) is 90.4 cm³/mol. The Morgan fingerprint density at radius 1 is 1.28 bits per heavy atom. The molecule has 2 N–H and O–H groups in total. The normalized spacial score (nSPS) is 22.2. The van der Waals surface area contributed by atoms with Crippen LogP contribution in [0.25, 0.3) is 0 Å². The van der Waals surface area contributed by atoms with Crippen molar-refractivity contribution >= 4 is 17.8 Å². The second-order valence-corrected chi connectivity index (χ2v) is 6.98. The van der Waals surface area contributed by atoms with Crippen molar-refractivity contribution in [3.63, 3.8) is 0 Å². The van der Waals surface area contributed by atoms with Gasteiger partial charge < -0.3 is 15.4 Å². The monoisotopic (exact) mass is 345 g/mol. The Hall–Kier alpha value is -2.41. The van der Waals surface area contributed by atoms with Gasteiger partial charge in [-0.25, -0.2) is 4.79 Å². The number of imide groups is 1. The zero-order chi connectivity index (χ0) is 18.0. The van der Waals surface area contributed by atoms with Gasteiger partial charge in [-0.15, -0.1) is 0 Å². The largest absolute Gasteiger partial charge is 0.368 e. The maximum atomic E-state index is 12.2. The highest BCUT2D eigenvalue weighted by Gasteiger charge is 2.43. The molecule has 2 fully saturated rings. The number of amides is 4. The van der Waals surface area contributed by atoms with Crippen molar-refractivity contribution in [1.29, 1.82) is 0 Å². The second kappa shape index (κ2) is 6.84. The molecule has 4 amide bonds. The summed E-state index contributed by atoms with van der Waals surface area (Å²) in [4.78, 5) is 37.2. The van der Waals surface area contributed by atoms with Gasteiger partial charge in [-0.1, -0.05) is 24.3 Å². The van der Waals surface area contributed by atoms with E-state index in [1.165, 1.54) is 4.90 Å². The van der Waals surface area contributed by atoms with E-state index < -0.39 is 5.54 Å². The average Bonchev–Trinajstić information content (AvgIpc) is 3.17. The van der Waals surface area contributed by atoms with Crippen LogP contribution in [0, 0.1) is 0 Å². The Labute approximate surface area is 146 Å². The van der Waals surface area contributed by atoms with Crippen molar-refractivity contribution in [1.82, 2.24) is 15.5 Å². The maximum absolute atomic E-state index is 12.2. The van der Waals surface area contributed by atoms with Gasteiger partial charge in [0, 0.05) is 13.2 Å². The van der Waals surface area contributed by atoms with E-state index in [1.54, 1.807) is 13.8 Å². The van der Waals surface area contributed by atoms with Crippen LogP contribution >= 0.6 is 0 Å². The Kier molecular flexibility index (Phi) is 4.76. The summed E-state index contributed by atoms with van der Waals surface area (Å²) in [6, 6.07) is 7.12. The first-order valence-corrected chi connectivity index (χ1v) is 8.48. The topological polar surface area (TPSA) is 87.7 Å². The number of urea groups is 1. The van der Waals surface area contributed by atoms with Gasteiger partial charge in [0.05, 0.1) is 6.54 Å². The number of carbonyl (C=O) groups excluding carboxylic acids is 3. The van der Waals surface area contributed by atoms with Crippen LogP contribution in [-0.2, 0) is 27.4 Å². The van der Waals surface area contributed by atoms with E-state index in [0.29, 0.717) is 13.2 Å². The first-order valence-electron chi connectivity index (χ1n) is 8.48. The Bertz CT molecular complexity index is 678. The Morgan fingerprint density at radius 2 is 1.96 bits per heavy atom. The summed E-state index contributed by atoms with van der Waals surface area (Å²) in [7, 11) is 0. The minimum absolute atomic E-state index is 0.0804. The molecule has 0 spiro atoms. The number of nitrogens with zero attached hydrogens (tertiary/aromatic N) is 1. The molecule has 7 nitrogen and oxygen atoms in total. The fourth-order valence-corrected chi connectivity index (χ4v) is 2.99. The van der Waals surface area contributed by atoms with Gasteiger partial charge in [0.1, 0.15) is 11.6 Å². The summed E-state index contributed by atoms with van der Waals surface area (Å²) in [6.45, 7) is 4.68. The van der Waals surface area contributed by atoms with Crippen LogP contribution in [0.15, 0.2) is 24.3 Å². The van der Waals surface area contributed by atoms with Gasteiger partial charge in [0.15, 0.2) is 0 Å². The predicted octanol–water partition coefficient (Wildman–Crippen LogP) is 1.31. The SMILES string of the molecule is CC1(C)NC(=O)N(Cc2ccc(CNC(=O)[C@@H]3CCCO3)cc2)C1=O. The molecule has 3 rings (SSSR count). The maximum Gasteiger partial charge on any atom is 0.325 e. The van der Waals surface area contributed by atoms with E-state index in [0.717, 1.165) is 24.0 Å². The molecule has 134 valence electrons. The molecule has 0 radical (unpaired) electrons. The quantitative estimate of drug-likeness (QED) is 0.788. The third-order valence-corrected chi connectivity index (χ3v) is 4.50. The first-order chi connectivity index (χ1) is 11.9. The van der Waals surface area contributed by atoms with Crippen LogP contribution in [-0.4, -0.2) is 41.0 Å². The molecule has 2 heterocycles. The molecular weight excluding hydrogens is 322 g/mol. The fraction of sp³-hybridized carbons (Fsp3) is 0.500. The van der Waals surface area contributed by atoms with Gasteiger partial charge in [-0.05, 0) is 37.8 Å². The summed E-state index contributed by atoms with van der Waals surface area (Å²) in [5, 5.41) is 5.53. The standard InChI is InChI=1S/C18H23N3O4/c1-18(2)16(23)21(17(24)20-18)11-13-7-5-12(6-8-13)10-19-15(22)14-4-3-9-25-14/h5-8,14H,3-4,9-11H2,1-2H3,(H,19,22)(H,20,24)/t14-/m0/s1. The molecule has 0 aromatic heterocycles. The number of rotatable bonds is 5. The molecule has 2 aliphatic heterocycles. The van der Waals surface area contributed by atoms with Gasteiger partial charge in [0.2, 0.25) is 5.91 Å². The molecule has 0 saturated carbocycles. The van der Waals surface area contributed by atoms with E-state index in [4.69, 9.17) is 4.74 Å². The van der Waals surface area contributed by atoms with Crippen LogP contribution < -0.4 is 10.6 Å². The molecule has 0 unspecified atom stereocenters. The van der Waals surface area contributed by atoms with Crippen molar-refractivity contribution in [3.8, 4) is 0 Å². The highest BCUT2D eigenvalue weighted by molar-refractivity contribution is 6.06. The minimum Gasteiger partial charge on any atom is -0.368 e. The first kappa shape index (κ1) is 17.4. The number of hydrogen-bond acceptors (Lipinski definition) is 4. The van der Waals surface area contributed by atoms with E-state index in [9.17, 15) is 14.4 Å². The van der Waals surface area contributed by atoms with Crippen LogP contribution in [0.2, 0.25) is 0 Å². The van der Waals surface area contributed by atoms with E-state index in [1.807, 2.05) is 24.3 Å². The second-order valence-electron chi connectivity index (χ2n) is 6.98. The third kappa shape index (κ3) is 3.82. The number of hydrogen-bond donors (Lipinski definition) is 2. The fourth-order valence-electron chi connectivity index (χ4n) is 2.99. The molecule has 25 heavy (non-hydrogen) atoms. The lowest BCUT2D eigenvalue weighted by Crippen LogP contribution is -2.40. The van der Waals surface area contributed by atoms with Gasteiger partial charge >= 0.3 is 6.03 Å². The lowest BCUT2D eigenvalue weighted by atomic mass is 10.1. The van der Waals surface area contributed by atoms with Crippen molar-refractivity contribution in [2.24, 2.45) is 0 Å². The lowest BCUT2D eigenvalue weighted by Gasteiger charge is -2.16. The molecular formula is C18H23N3O4. The summed E-state index contributed by atoms with van der Waals surface area (Å²) in [5.41, 5.74) is 0.951. The van der Waals surface area contributed by atoms with Crippen LogP contribution in [0.4, 0.5) is 4.79 Å². The average molecular weight is 345 g/mol. The summed E-state index contributed by atoms with van der Waals surface area (Å²) in [6.07, 6.45) is 1.36. The zero-order valence-electron chi connectivity index (χ0n) is 14.5. The van der Waals surface area contributed by atoms with E-state index in [2.05, 4.69) is 10.6 Å². The molecule has 2 saturated heterocycles. The Balaban J connectivity index is 1.54. The summed E-state index contributed by atoms with van der Waals surface area (Å²) in [5.74, 6) is -0.312. The van der Waals surface area contributed by atoms with Crippen molar-refractivity contribution in [3.05, 3.63) is 35.4 Å². The number of nitrogens with one attached hydrogen (secondary N) is 2. The van der Waals surface area contributed by atoms with E-state index >= 15 is 0 Å². The zero-order valence-corrected chi connectivity index (χ0v) is 14.5. The van der Waals surface area contributed by atoms with Crippen LogP contribution in [0.3, 0.4) is 0 Å². The van der Waals surface area contributed by atoms with Crippen molar-refractivity contribution < 1.29 is 19.1 Å². The number of ether oxygens (including phenoxy) is 1. The van der Waals surface area contributed by atoms with E-state index in [-0.39, 0.29) is 30.5 Å². The molecule has 0 aliphatic carbocycles. The highest BCUT2D eigenvalue weighted by Crippen LogP contribution is 2.19. The number of benzene rings is 1. The van der Waals surface area contributed by atoms with Crippen LogP contribution in [0.5, 0.6) is 0 Å². The van der Waals surface area contributed by atoms with Gasteiger partial charge in [0.25, 0.3) is 5.91 Å². The lowest BCUT2D eigenvalue weighted by molar-refractivity contribution is -0.131. The number of carbonyl (C=O) groups is 3. The molecule has 7 heteroatoms. The molecule has 0 bridgehead atoms. The van der Waals surface area contributed by atoms with Crippen molar-refractivity contribution in [2.75, 3.05) is 6.61 Å². The van der Waals surface area contributed by atoms with Gasteiger partial charge in [-0.3, -0.25) is 14.5 Å². The third-order valence-electron chi connectivity index (χ3n) is 4.50. The molecule has 2 aliphatic rings. The highest BCUT2D eigenvalue weighted by atomic mass is 16.5. The Morgan fingerprint density at radius 3 is 2.52 bits per heavy atom. The minimum atomic E-state index is -0.858.